The van der Waals surface area contributed by atoms with Crippen LogP contribution in [0.4, 0.5) is 5.82 Å². The summed E-state index contributed by atoms with van der Waals surface area (Å²) < 4.78 is 0.755. The molecule has 6 heteroatoms. The van der Waals surface area contributed by atoms with E-state index >= 15 is 0 Å². The van der Waals surface area contributed by atoms with Crippen LogP contribution in [0, 0.1) is 22.7 Å². The molecule has 0 aliphatic carbocycles. The Hall–Kier alpha value is -1.30. The standard InChI is InChI=1S/C9H6BrClN4/c10-7-5-8(11)9(14-6-7)15(3-1-12)4-2-13/h5-6H,3-4H2. The number of pyridine rings is 1. The van der Waals surface area contributed by atoms with Gasteiger partial charge in [-0.1, -0.05) is 11.6 Å². The monoisotopic (exact) mass is 284 g/mol. The lowest BCUT2D eigenvalue weighted by Crippen LogP contribution is -2.25. The zero-order chi connectivity index (χ0) is 11.3. The van der Waals surface area contributed by atoms with Crippen molar-refractivity contribution in [3.8, 4) is 12.1 Å². The summed E-state index contributed by atoms with van der Waals surface area (Å²) in [5, 5.41) is 17.6. The molecule has 0 radical (unpaired) electrons. The summed E-state index contributed by atoms with van der Waals surface area (Å²) >= 11 is 9.17. The van der Waals surface area contributed by atoms with Crippen molar-refractivity contribution in [1.82, 2.24) is 4.98 Å². The molecule has 1 rings (SSSR count). The van der Waals surface area contributed by atoms with Crippen molar-refractivity contribution in [1.29, 1.82) is 10.5 Å². The quantitative estimate of drug-likeness (QED) is 0.800. The van der Waals surface area contributed by atoms with Crippen molar-refractivity contribution in [3.63, 3.8) is 0 Å². The third kappa shape index (κ3) is 3.09. The number of aromatic nitrogens is 1. The van der Waals surface area contributed by atoms with Crippen LogP contribution in [0.3, 0.4) is 0 Å². The maximum atomic E-state index is 8.59. The highest BCUT2D eigenvalue weighted by atomic mass is 79.9. The van der Waals surface area contributed by atoms with Gasteiger partial charge in [0, 0.05) is 10.7 Å². The Kier molecular flexibility index (Phi) is 4.36. The molecule has 0 aliphatic heterocycles. The molecule has 0 aromatic carbocycles. The van der Waals surface area contributed by atoms with Crippen LogP contribution in [0.25, 0.3) is 0 Å². The fraction of sp³-hybridized carbons (Fsp3) is 0.222. The van der Waals surface area contributed by atoms with Gasteiger partial charge in [-0.2, -0.15) is 10.5 Å². The van der Waals surface area contributed by atoms with Gasteiger partial charge in [0.15, 0.2) is 0 Å². The Morgan fingerprint density at radius 1 is 1.40 bits per heavy atom. The highest BCUT2D eigenvalue weighted by molar-refractivity contribution is 9.10. The smallest absolute Gasteiger partial charge is 0.149 e. The average molecular weight is 286 g/mol. The van der Waals surface area contributed by atoms with Crippen molar-refractivity contribution in [2.45, 2.75) is 0 Å². The normalized spacial score (nSPS) is 9.07. The summed E-state index contributed by atoms with van der Waals surface area (Å²) in [6, 6.07) is 5.59. The summed E-state index contributed by atoms with van der Waals surface area (Å²) in [4.78, 5) is 5.57. The first-order chi connectivity index (χ1) is 7.19. The fourth-order valence-corrected chi connectivity index (χ4v) is 1.77. The molecule has 15 heavy (non-hydrogen) atoms. The van der Waals surface area contributed by atoms with Crippen LogP contribution in [0.1, 0.15) is 0 Å². The minimum absolute atomic E-state index is 0.0852. The third-order valence-corrected chi connectivity index (χ3v) is 2.32. The topological polar surface area (TPSA) is 63.7 Å². The van der Waals surface area contributed by atoms with Crippen LogP contribution in [-0.2, 0) is 0 Å². The highest BCUT2D eigenvalue weighted by Crippen LogP contribution is 2.25. The molecule has 4 nitrogen and oxygen atoms in total. The van der Waals surface area contributed by atoms with E-state index < -0.39 is 0 Å². The van der Waals surface area contributed by atoms with Gasteiger partial charge in [0.05, 0.1) is 17.2 Å². The maximum absolute atomic E-state index is 8.59. The molecule has 0 N–H and O–H groups in total. The lowest BCUT2D eigenvalue weighted by Gasteiger charge is -2.17. The number of nitrogens with zero attached hydrogens (tertiary/aromatic N) is 4. The van der Waals surface area contributed by atoms with E-state index in [9.17, 15) is 0 Å². The Balaban J connectivity index is 3.02. The molecule has 0 spiro atoms. The number of anilines is 1. The van der Waals surface area contributed by atoms with Gasteiger partial charge < -0.3 is 4.90 Å². The molecule has 0 unspecified atom stereocenters. The first-order valence-electron chi connectivity index (χ1n) is 3.99. The minimum atomic E-state index is 0.0852. The molecule has 76 valence electrons. The Bertz CT molecular complexity index is 419. The van der Waals surface area contributed by atoms with E-state index in [1.807, 2.05) is 12.1 Å². The van der Waals surface area contributed by atoms with Crippen molar-refractivity contribution < 1.29 is 0 Å². The van der Waals surface area contributed by atoms with Crippen LogP contribution >= 0.6 is 27.5 Å². The Labute approximate surface area is 101 Å². The molecule has 0 saturated heterocycles. The number of hydrogen-bond acceptors (Lipinski definition) is 4. The van der Waals surface area contributed by atoms with Crippen LogP contribution in [0.2, 0.25) is 5.02 Å². The summed E-state index contributed by atoms with van der Waals surface area (Å²) in [6.45, 7) is 0.170. The molecule has 0 fully saturated rings. The Morgan fingerprint density at radius 2 is 2.00 bits per heavy atom. The highest BCUT2D eigenvalue weighted by Gasteiger charge is 2.11. The second-order valence-corrected chi connectivity index (χ2v) is 3.95. The predicted molar refractivity (Wildman–Crippen MR) is 60.4 cm³/mol. The zero-order valence-corrected chi connectivity index (χ0v) is 9.96. The van der Waals surface area contributed by atoms with Crippen molar-refractivity contribution >= 4 is 33.3 Å². The molecule has 0 saturated carbocycles. The van der Waals surface area contributed by atoms with E-state index in [1.54, 1.807) is 12.3 Å². The van der Waals surface area contributed by atoms with Gasteiger partial charge in [-0.05, 0) is 22.0 Å². The second kappa shape index (κ2) is 5.55. The molecule has 1 aromatic rings. The average Bonchev–Trinajstić information content (AvgIpc) is 2.17. The second-order valence-electron chi connectivity index (χ2n) is 2.63. The summed E-state index contributed by atoms with van der Waals surface area (Å²) in [6.07, 6.45) is 1.57. The predicted octanol–water partition coefficient (Wildman–Crippen LogP) is 2.35. The van der Waals surface area contributed by atoms with Crippen LogP contribution < -0.4 is 4.90 Å². The Morgan fingerprint density at radius 3 is 2.47 bits per heavy atom. The van der Waals surface area contributed by atoms with E-state index in [4.69, 9.17) is 22.1 Å². The van der Waals surface area contributed by atoms with Crippen LogP contribution in [-0.4, -0.2) is 18.1 Å². The lowest BCUT2D eigenvalue weighted by atomic mass is 10.4. The number of hydrogen-bond donors (Lipinski definition) is 0. The summed E-state index contributed by atoms with van der Waals surface area (Å²) in [5.74, 6) is 0.447. The number of rotatable bonds is 3. The largest absolute Gasteiger partial charge is 0.329 e. The van der Waals surface area contributed by atoms with Gasteiger partial charge in [-0.25, -0.2) is 4.98 Å². The van der Waals surface area contributed by atoms with Crippen molar-refractivity contribution in [2.75, 3.05) is 18.0 Å². The number of halogens is 2. The lowest BCUT2D eigenvalue weighted by molar-refractivity contribution is 0.935. The molecule has 1 aromatic heterocycles. The van der Waals surface area contributed by atoms with Crippen LogP contribution in [0.5, 0.6) is 0 Å². The van der Waals surface area contributed by atoms with Gasteiger partial charge in [0.1, 0.15) is 18.9 Å². The van der Waals surface area contributed by atoms with E-state index in [2.05, 4.69) is 20.9 Å². The fourth-order valence-electron chi connectivity index (χ4n) is 1.02. The van der Waals surface area contributed by atoms with Crippen LogP contribution in [0.15, 0.2) is 16.7 Å². The molecular weight excluding hydrogens is 279 g/mol. The third-order valence-electron chi connectivity index (χ3n) is 1.61. The van der Waals surface area contributed by atoms with Crippen molar-refractivity contribution in [3.05, 3.63) is 21.8 Å². The van der Waals surface area contributed by atoms with Gasteiger partial charge >= 0.3 is 0 Å². The number of nitriles is 2. The van der Waals surface area contributed by atoms with E-state index in [-0.39, 0.29) is 13.1 Å². The molecule has 0 amide bonds. The molecule has 1 heterocycles. The van der Waals surface area contributed by atoms with Gasteiger partial charge in [0.2, 0.25) is 0 Å². The van der Waals surface area contributed by atoms with E-state index in [0.29, 0.717) is 10.8 Å². The molecule has 0 bridgehead atoms. The molecule has 0 aliphatic rings. The first kappa shape index (κ1) is 11.8. The van der Waals surface area contributed by atoms with Gasteiger partial charge in [0.25, 0.3) is 0 Å². The van der Waals surface area contributed by atoms with Gasteiger partial charge in [-0.15, -0.1) is 0 Å². The van der Waals surface area contributed by atoms with Crippen molar-refractivity contribution in [2.24, 2.45) is 0 Å². The summed E-state index contributed by atoms with van der Waals surface area (Å²) in [7, 11) is 0. The first-order valence-corrected chi connectivity index (χ1v) is 5.16. The van der Waals surface area contributed by atoms with E-state index in [1.165, 1.54) is 4.90 Å². The van der Waals surface area contributed by atoms with E-state index in [0.717, 1.165) is 4.47 Å². The molecular formula is C9H6BrClN4. The molecule has 0 atom stereocenters. The SMILES string of the molecule is N#CCN(CC#N)c1ncc(Br)cc1Cl. The maximum Gasteiger partial charge on any atom is 0.149 e. The van der Waals surface area contributed by atoms with Gasteiger partial charge in [-0.3, -0.25) is 0 Å². The summed E-state index contributed by atoms with van der Waals surface area (Å²) in [5.41, 5.74) is 0. The zero-order valence-electron chi connectivity index (χ0n) is 7.61. The minimum Gasteiger partial charge on any atom is -0.329 e.